The van der Waals surface area contributed by atoms with E-state index < -0.39 is 0 Å². The molecule has 0 amide bonds. The number of benzene rings is 2. The molecule has 24 heavy (non-hydrogen) atoms. The van der Waals surface area contributed by atoms with E-state index in [4.69, 9.17) is 0 Å². The fourth-order valence-electron chi connectivity index (χ4n) is 2.28. The van der Waals surface area contributed by atoms with Crippen molar-refractivity contribution in [1.82, 2.24) is 5.43 Å². The van der Waals surface area contributed by atoms with Crippen molar-refractivity contribution in [2.24, 2.45) is 10.1 Å². The van der Waals surface area contributed by atoms with Crippen LogP contribution < -0.4 is 5.43 Å². The minimum atomic E-state index is -0.366. The van der Waals surface area contributed by atoms with Crippen LogP contribution in [0.25, 0.3) is 0 Å². The molecule has 0 saturated heterocycles. The lowest BCUT2D eigenvalue weighted by molar-refractivity contribution is -0.385. The van der Waals surface area contributed by atoms with Gasteiger partial charge in [-0.1, -0.05) is 54.2 Å². The molecule has 1 aliphatic rings. The van der Waals surface area contributed by atoms with Crippen LogP contribution in [0.1, 0.15) is 16.7 Å². The smallest absolute Gasteiger partial charge is 0.258 e. The third-order valence-electron chi connectivity index (χ3n) is 3.62. The van der Waals surface area contributed by atoms with Gasteiger partial charge in [-0.3, -0.25) is 20.5 Å². The van der Waals surface area contributed by atoms with Crippen LogP contribution in [0.15, 0.2) is 58.6 Å². The number of rotatable bonds is 4. The standard InChI is InChI=1S/C17H16N4O2S/c1-12-7-8-14(9-16(12)21(22)23)15-11-24-17(20-19-15)18-10-13-5-3-2-4-6-13/h2-9H,10-11H2,1H3,(H,18,20). The fourth-order valence-corrected chi connectivity index (χ4v) is 3.05. The number of amidine groups is 1. The summed E-state index contributed by atoms with van der Waals surface area (Å²) in [4.78, 5) is 15.2. The molecule has 0 fully saturated rings. The first-order valence-electron chi connectivity index (χ1n) is 7.42. The lowest BCUT2D eigenvalue weighted by Crippen LogP contribution is -2.25. The molecule has 3 rings (SSSR count). The summed E-state index contributed by atoms with van der Waals surface area (Å²) in [5.41, 5.74) is 6.36. The van der Waals surface area contributed by atoms with Gasteiger partial charge >= 0.3 is 0 Å². The Labute approximate surface area is 143 Å². The van der Waals surface area contributed by atoms with Gasteiger partial charge in [0, 0.05) is 22.9 Å². The Morgan fingerprint density at radius 1 is 1.29 bits per heavy atom. The number of hydrogen-bond acceptors (Lipinski definition) is 5. The number of thioether (sulfide) groups is 1. The number of nitro benzene ring substituents is 1. The SMILES string of the molecule is Cc1ccc(C2=NNC(=NCc3ccccc3)SC2)cc1[N+](=O)[O-]. The molecule has 0 radical (unpaired) electrons. The van der Waals surface area contributed by atoms with Crippen molar-refractivity contribution in [3.63, 3.8) is 0 Å². The quantitative estimate of drug-likeness (QED) is 0.682. The molecule has 0 spiro atoms. The van der Waals surface area contributed by atoms with Crippen molar-refractivity contribution in [3.05, 3.63) is 75.3 Å². The van der Waals surface area contributed by atoms with Gasteiger partial charge in [0.25, 0.3) is 5.69 Å². The van der Waals surface area contributed by atoms with Gasteiger partial charge in [0.2, 0.25) is 0 Å². The largest absolute Gasteiger partial charge is 0.272 e. The molecular weight excluding hydrogens is 324 g/mol. The van der Waals surface area contributed by atoms with Crippen LogP contribution in [-0.2, 0) is 6.54 Å². The molecule has 7 heteroatoms. The molecule has 0 bridgehead atoms. The molecule has 0 aliphatic carbocycles. The van der Waals surface area contributed by atoms with Gasteiger partial charge in [-0.25, -0.2) is 0 Å². The zero-order chi connectivity index (χ0) is 16.9. The number of hydrogen-bond donors (Lipinski definition) is 1. The molecule has 122 valence electrons. The minimum Gasteiger partial charge on any atom is -0.258 e. The van der Waals surface area contributed by atoms with Gasteiger partial charge in [-0.2, -0.15) is 5.10 Å². The molecule has 0 atom stereocenters. The number of aryl methyl sites for hydroxylation is 1. The van der Waals surface area contributed by atoms with E-state index in [2.05, 4.69) is 15.5 Å². The monoisotopic (exact) mass is 340 g/mol. The molecule has 1 aliphatic heterocycles. The molecule has 1 heterocycles. The number of aliphatic imine (C=N–C) groups is 1. The highest BCUT2D eigenvalue weighted by Gasteiger charge is 2.17. The number of nitro groups is 1. The van der Waals surface area contributed by atoms with E-state index in [1.807, 2.05) is 36.4 Å². The van der Waals surface area contributed by atoms with Crippen LogP contribution in [0.2, 0.25) is 0 Å². The van der Waals surface area contributed by atoms with Gasteiger partial charge < -0.3 is 0 Å². The Morgan fingerprint density at radius 2 is 2.08 bits per heavy atom. The first kappa shape index (κ1) is 16.2. The Kier molecular flexibility index (Phi) is 4.90. The normalized spacial score (nSPS) is 15.7. The van der Waals surface area contributed by atoms with Crippen LogP contribution >= 0.6 is 11.8 Å². The summed E-state index contributed by atoms with van der Waals surface area (Å²) < 4.78 is 0. The maximum atomic E-state index is 11.1. The Hall–Kier alpha value is -2.67. The van der Waals surface area contributed by atoms with Crippen LogP contribution in [0.3, 0.4) is 0 Å². The number of nitrogens with zero attached hydrogens (tertiary/aromatic N) is 3. The highest BCUT2D eigenvalue weighted by atomic mass is 32.2. The highest BCUT2D eigenvalue weighted by Crippen LogP contribution is 2.22. The van der Waals surface area contributed by atoms with Gasteiger partial charge in [-0.05, 0) is 12.5 Å². The van der Waals surface area contributed by atoms with Crippen LogP contribution in [-0.4, -0.2) is 21.6 Å². The molecule has 0 saturated carbocycles. The zero-order valence-electron chi connectivity index (χ0n) is 13.1. The summed E-state index contributed by atoms with van der Waals surface area (Å²) >= 11 is 1.54. The number of nitrogens with one attached hydrogen (secondary N) is 1. The van der Waals surface area contributed by atoms with Gasteiger partial charge in [0.05, 0.1) is 17.2 Å². The lowest BCUT2D eigenvalue weighted by atomic mass is 10.1. The van der Waals surface area contributed by atoms with E-state index in [0.29, 0.717) is 17.9 Å². The molecule has 0 unspecified atom stereocenters. The third-order valence-corrected chi connectivity index (χ3v) is 4.53. The van der Waals surface area contributed by atoms with Crippen LogP contribution in [0.5, 0.6) is 0 Å². The van der Waals surface area contributed by atoms with Crippen molar-refractivity contribution in [2.75, 3.05) is 5.75 Å². The van der Waals surface area contributed by atoms with Gasteiger partial charge in [0.1, 0.15) is 0 Å². The van der Waals surface area contributed by atoms with Gasteiger partial charge in [-0.15, -0.1) is 0 Å². The highest BCUT2D eigenvalue weighted by molar-refractivity contribution is 8.14. The summed E-state index contributed by atoms with van der Waals surface area (Å²) in [5.74, 6) is 0.626. The first-order valence-corrected chi connectivity index (χ1v) is 8.41. The van der Waals surface area contributed by atoms with Crippen LogP contribution in [0.4, 0.5) is 5.69 Å². The van der Waals surface area contributed by atoms with Crippen LogP contribution in [0, 0.1) is 17.0 Å². The van der Waals surface area contributed by atoms with E-state index in [1.165, 1.54) is 0 Å². The predicted octanol–water partition coefficient (Wildman–Crippen LogP) is 3.50. The van der Waals surface area contributed by atoms with Crippen molar-refractivity contribution in [2.45, 2.75) is 13.5 Å². The molecule has 6 nitrogen and oxygen atoms in total. The van der Waals surface area contributed by atoms with Crippen molar-refractivity contribution in [3.8, 4) is 0 Å². The van der Waals surface area contributed by atoms with E-state index in [-0.39, 0.29) is 10.6 Å². The Morgan fingerprint density at radius 3 is 2.75 bits per heavy atom. The maximum Gasteiger partial charge on any atom is 0.272 e. The van der Waals surface area contributed by atoms with E-state index in [0.717, 1.165) is 22.0 Å². The predicted molar refractivity (Wildman–Crippen MR) is 97.5 cm³/mol. The molecule has 2 aromatic rings. The summed E-state index contributed by atoms with van der Waals surface area (Å²) in [6.45, 7) is 2.32. The molecule has 2 aromatic carbocycles. The topological polar surface area (TPSA) is 79.9 Å². The third kappa shape index (κ3) is 3.80. The average Bonchev–Trinajstić information content (AvgIpc) is 2.61. The summed E-state index contributed by atoms with van der Waals surface area (Å²) in [6.07, 6.45) is 0. The number of hydrazone groups is 1. The second-order valence-electron chi connectivity index (χ2n) is 5.32. The van der Waals surface area contributed by atoms with E-state index in [1.54, 1.807) is 30.8 Å². The molecule has 0 aromatic heterocycles. The Balaban J connectivity index is 1.71. The zero-order valence-corrected chi connectivity index (χ0v) is 13.9. The first-order chi connectivity index (χ1) is 11.6. The fraction of sp³-hybridized carbons (Fsp3) is 0.176. The second-order valence-corrected chi connectivity index (χ2v) is 6.29. The van der Waals surface area contributed by atoms with Crippen molar-refractivity contribution in [1.29, 1.82) is 0 Å². The summed E-state index contributed by atoms with van der Waals surface area (Å²) in [6, 6.07) is 15.2. The lowest BCUT2D eigenvalue weighted by Gasteiger charge is -2.15. The van der Waals surface area contributed by atoms with Crippen molar-refractivity contribution < 1.29 is 4.92 Å². The van der Waals surface area contributed by atoms with Crippen molar-refractivity contribution >= 4 is 28.3 Å². The second kappa shape index (κ2) is 7.27. The van der Waals surface area contributed by atoms with Gasteiger partial charge in [0.15, 0.2) is 5.17 Å². The molecule has 1 N–H and O–H groups in total. The van der Waals surface area contributed by atoms with E-state index >= 15 is 0 Å². The minimum absolute atomic E-state index is 0.115. The average molecular weight is 340 g/mol. The maximum absolute atomic E-state index is 11.1. The Bertz CT molecular complexity index is 819. The summed E-state index contributed by atoms with van der Waals surface area (Å²) in [5, 5.41) is 16.1. The molecular formula is C17H16N4O2S. The van der Waals surface area contributed by atoms with E-state index in [9.17, 15) is 10.1 Å². The summed E-state index contributed by atoms with van der Waals surface area (Å²) in [7, 11) is 0.